The van der Waals surface area contributed by atoms with Gasteiger partial charge in [-0.15, -0.1) is 0 Å². The van der Waals surface area contributed by atoms with E-state index in [2.05, 4.69) is 16.8 Å². The Kier molecular flexibility index (Phi) is 6.03. The molecule has 0 aromatic carbocycles. The summed E-state index contributed by atoms with van der Waals surface area (Å²) >= 11 is 6.55. The van der Waals surface area contributed by atoms with E-state index in [9.17, 15) is 18.0 Å². The maximum atomic E-state index is 13.6. The first-order chi connectivity index (χ1) is 16.1. The number of carbonyl (C=O) groups is 1. The molecule has 3 saturated heterocycles. The topological polar surface area (TPSA) is 95.3 Å². The molecule has 0 radical (unpaired) electrons. The van der Waals surface area contributed by atoms with E-state index in [0.717, 1.165) is 30.4 Å². The summed E-state index contributed by atoms with van der Waals surface area (Å²) in [6.45, 7) is 5.01. The molecule has 1 amide bonds. The number of thioether (sulfide) groups is 1. The number of fused-ring (bicyclic) bond motifs is 1. The van der Waals surface area contributed by atoms with Crippen LogP contribution >= 0.6 is 24.0 Å². The van der Waals surface area contributed by atoms with Crippen molar-refractivity contribution in [3.63, 3.8) is 0 Å². The summed E-state index contributed by atoms with van der Waals surface area (Å²) in [5, 5.41) is 0. The third-order valence-corrected chi connectivity index (χ3v) is 9.54. The lowest BCUT2D eigenvalue weighted by atomic mass is 10.2. The van der Waals surface area contributed by atoms with E-state index < -0.39 is 15.9 Å². The summed E-state index contributed by atoms with van der Waals surface area (Å²) < 4.78 is 25.7. The van der Waals surface area contributed by atoms with Crippen LogP contribution in [-0.4, -0.2) is 88.6 Å². The van der Waals surface area contributed by atoms with Gasteiger partial charge in [-0.05, 0) is 38.1 Å². The summed E-state index contributed by atoms with van der Waals surface area (Å²) in [6.07, 6.45) is 3.69. The van der Waals surface area contributed by atoms with Crippen LogP contribution in [0, 0.1) is 6.92 Å². The number of likely N-dealkylation sites (N-methyl/N-ethyl adjacent to an activating group) is 1. The molecule has 34 heavy (non-hydrogen) atoms. The van der Waals surface area contributed by atoms with Crippen molar-refractivity contribution in [3.8, 4) is 0 Å². The van der Waals surface area contributed by atoms with Gasteiger partial charge in [0, 0.05) is 32.4 Å². The first-order valence-corrected chi connectivity index (χ1v) is 14.1. The maximum absolute atomic E-state index is 13.6. The Balaban J connectivity index is 1.59. The molecular weight excluding hydrogens is 494 g/mol. The molecule has 0 aliphatic carbocycles. The van der Waals surface area contributed by atoms with Crippen LogP contribution in [0.25, 0.3) is 11.7 Å². The third kappa shape index (κ3) is 4.28. The molecule has 5 heterocycles. The summed E-state index contributed by atoms with van der Waals surface area (Å²) in [7, 11) is -1.12. The van der Waals surface area contributed by atoms with Crippen molar-refractivity contribution in [2.75, 3.05) is 49.6 Å². The van der Waals surface area contributed by atoms with Crippen LogP contribution in [0.15, 0.2) is 28.0 Å². The average Bonchev–Trinajstić information content (AvgIpc) is 3.28. The number of amides is 1. The number of hydrogen-bond donors (Lipinski definition) is 0. The summed E-state index contributed by atoms with van der Waals surface area (Å²) in [6, 6.07) is 3.27. The van der Waals surface area contributed by atoms with E-state index in [4.69, 9.17) is 17.2 Å². The Morgan fingerprint density at radius 2 is 1.91 bits per heavy atom. The molecule has 1 unspecified atom stereocenters. The largest absolute Gasteiger partial charge is 0.353 e. The van der Waals surface area contributed by atoms with Crippen molar-refractivity contribution in [2.45, 2.75) is 19.4 Å². The van der Waals surface area contributed by atoms with Crippen LogP contribution in [0.1, 0.15) is 17.5 Å². The van der Waals surface area contributed by atoms with Crippen molar-refractivity contribution >= 4 is 61.6 Å². The highest BCUT2D eigenvalue weighted by molar-refractivity contribution is 8.26. The molecule has 3 aliphatic rings. The smallest absolute Gasteiger partial charge is 0.267 e. The van der Waals surface area contributed by atoms with Crippen molar-refractivity contribution in [2.24, 2.45) is 0 Å². The number of anilines is 1. The Labute approximate surface area is 207 Å². The lowest BCUT2D eigenvalue weighted by molar-refractivity contribution is -0.123. The fraction of sp³-hybridized carbons (Fsp3) is 0.455. The van der Waals surface area contributed by atoms with Crippen LogP contribution in [-0.2, 0) is 14.6 Å². The molecular formula is C22H25N5O4S3. The molecule has 0 N–H and O–H groups in total. The van der Waals surface area contributed by atoms with Crippen LogP contribution in [0.4, 0.5) is 5.82 Å². The van der Waals surface area contributed by atoms with E-state index in [0.29, 0.717) is 45.8 Å². The molecule has 3 aliphatic heterocycles. The zero-order chi connectivity index (χ0) is 24.2. The molecule has 0 bridgehead atoms. The van der Waals surface area contributed by atoms with E-state index >= 15 is 0 Å². The lowest BCUT2D eigenvalue weighted by Gasteiger charge is -2.34. The number of aryl methyl sites for hydroxylation is 1. The second-order valence-electron chi connectivity index (χ2n) is 8.99. The number of pyridine rings is 1. The molecule has 2 aromatic heterocycles. The van der Waals surface area contributed by atoms with Crippen LogP contribution in [0.3, 0.4) is 0 Å². The Hall–Kier alpha value is -2.28. The van der Waals surface area contributed by atoms with Crippen molar-refractivity contribution in [1.29, 1.82) is 0 Å². The van der Waals surface area contributed by atoms with E-state index in [-0.39, 0.29) is 23.0 Å². The third-order valence-electron chi connectivity index (χ3n) is 6.46. The minimum absolute atomic E-state index is 0.0522. The van der Waals surface area contributed by atoms with Gasteiger partial charge in [0.15, 0.2) is 9.84 Å². The van der Waals surface area contributed by atoms with Gasteiger partial charge in [-0.1, -0.05) is 30.0 Å². The fourth-order valence-electron chi connectivity index (χ4n) is 4.54. The standard InChI is InChI=1S/C22H25N5O4S3/c1-14-3-4-18-23-19(25-8-6-24(2)7-9-25)16(20(28)26(18)12-14)11-17-21(29)27(22(32)33-17)15-5-10-34(30,31)13-15/h3-4,11-12,15H,5-10,13H2,1-2H3. The number of rotatable bonds is 3. The van der Waals surface area contributed by atoms with Crippen molar-refractivity contribution in [3.05, 3.63) is 44.7 Å². The molecule has 0 saturated carbocycles. The highest BCUT2D eigenvalue weighted by atomic mass is 32.2. The Bertz CT molecular complexity index is 1390. The zero-order valence-corrected chi connectivity index (χ0v) is 21.4. The number of nitrogens with zero attached hydrogens (tertiary/aromatic N) is 5. The normalized spacial score (nSPS) is 24.6. The zero-order valence-electron chi connectivity index (χ0n) is 18.9. The van der Waals surface area contributed by atoms with Crippen LogP contribution < -0.4 is 10.5 Å². The minimum atomic E-state index is -3.17. The monoisotopic (exact) mass is 519 g/mol. The van der Waals surface area contributed by atoms with Gasteiger partial charge in [0.2, 0.25) is 0 Å². The second-order valence-corrected chi connectivity index (χ2v) is 12.9. The lowest BCUT2D eigenvalue weighted by Crippen LogP contribution is -2.45. The van der Waals surface area contributed by atoms with Gasteiger partial charge in [-0.3, -0.25) is 18.9 Å². The van der Waals surface area contributed by atoms with E-state index in [1.165, 1.54) is 9.30 Å². The fourth-order valence-corrected chi connectivity index (χ4v) is 7.62. The van der Waals surface area contributed by atoms with Gasteiger partial charge in [0.1, 0.15) is 15.8 Å². The van der Waals surface area contributed by atoms with Crippen molar-refractivity contribution < 1.29 is 13.2 Å². The molecule has 3 fully saturated rings. The number of piperazine rings is 1. The molecule has 1 atom stereocenters. The van der Waals surface area contributed by atoms with Crippen molar-refractivity contribution in [1.82, 2.24) is 19.2 Å². The maximum Gasteiger partial charge on any atom is 0.267 e. The van der Waals surface area contributed by atoms with Gasteiger partial charge < -0.3 is 9.80 Å². The number of carbonyl (C=O) groups excluding carboxylic acids is 1. The van der Waals surface area contributed by atoms with Crippen LogP contribution in [0.2, 0.25) is 0 Å². The number of sulfone groups is 1. The predicted octanol–water partition coefficient (Wildman–Crippen LogP) is 1.14. The average molecular weight is 520 g/mol. The van der Waals surface area contributed by atoms with Gasteiger partial charge in [-0.2, -0.15) is 0 Å². The summed E-state index contributed by atoms with van der Waals surface area (Å²) in [5.74, 6) is 0.167. The SMILES string of the molecule is Cc1ccc2nc(N3CCN(C)CC3)c(C=C3SC(=S)N(C4CCS(=O)(=O)C4)C3=O)c(=O)n2c1. The molecule has 5 rings (SSSR count). The highest BCUT2D eigenvalue weighted by Gasteiger charge is 2.42. The quantitative estimate of drug-likeness (QED) is 0.437. The van der Waals surface area contributed by atoms with Gasteiger partial charge in [-0.25, -0.2) is 13.4 Å². The Morgan fingerprint density at radius 3 is 2.59 bits per heavy atom. The number of aromatic nitrogens is 2. The van der Waals surface area contributed by atoms with Gasteiger partial charge in [0.25, 0.3) is 11.5 Å². The number of thiocarbonyl (C=S) groups is 1. The molecule has 180 valence electrons. The number of hydrogen-bond acceptors (Lipinski definition) is 9. The van der Waals surface area contributed by atoms with Gasteiger partial charge in [0.05, 0.1) is 28.0 Å². The van der Waals surface area contributed by atoms with Crippen LogP contribution in [0.5, 0.6) is 0 Å². The summed E-state index contributed by atoms with van der Waals surface area (Å²) in [4.78, 5) is 37.7. The first kappa shape index (κ1) is 23.5. The summed E-state index contributed by atoms with van der Waals surface area (Å²) in [5.41, 5.74) is 1.55. The van der Waals surface area contributed by atoms with Gasteiger partial charge >= 0.3 is 0 Å². The van der Waals surface area contributed by atoms with E-state index in [1.54, 1.807) is 12.3 Å². The van der Waals surface area contributed by atoms with E-state index in [1.807, 2.05) is 19.1 Å². The Morgan fingerprint density at radius 1 is 1.18 bits per heavy atom. The predicted molar refractivity (Wildman–Crippen MR) is 138 cm³/mol. The molecule has 2 aromatic rings. The minimum Gasteiger partial charge on any atom is -0.353 e. The second kappa shape index (κ2) is 8.74. The molecule has 9 nitrogen and oxygen atoms in total. The molecule has 12 heteroatoms. The molecule has 0 spiro atoms. The first-order valence-electron chi connectivity index (χ1n) is 11.1. The highest BCUT2D eigenvalue weighted by Crippen LogP contribution is 2.37.